The van der Waals surface area contributed by atoms with Crippen molar-refractivity contribution in [2.24, 2.45) is 0 Å². The fraction of sp³-hybridized carbons (Fsp3) is 0.433. The minimum Gasteiger partial charge on any atom is -0.481 e. The number of aliphatic carboxylic acids is 1. The first-order valence-electron chi connectivity index (χ1n) is 13.6. The highest BCUT2D eigenvalue weighted by Gasteiger charge is 2.42. The van der Waals surface area contributed by atoms with Crippen LogP contribution < -0.4 is 15.0 Å². The molecule has 0 amide bonds. The van der Waals surface area contributed by atoms with Crippen LogP contribution in [0.4, 0.5) is 21.5 Å². The highest BCUT2D eigenvalue weighted by atomic mass is 19.1. The van der Waals surface area contributed by atoms with Crippen LogP contribution in [0.15, 0.2) is 54.9 Å². The van der Waals surface area contributed by atoms with Crippen molar-refractivity contribution in [3.05, 3.63) is 71.8 Å². The van der Waals surface area contributed by atoms with Crippen LogP contribution in [0.2, 0.25) is 0 Å². The molecule has 200 valence electrons. The number of ether oxygens (including phenoxy) is 1. The quantitative estimate of drug-likeness (QED) is 0.311. The molecule has 0 spiro atoms. The van der Waals surface area contributed by atoms with Gasteiger partial charge in [-0.15, -0.1) is 0 Å². The SMILES string of the molecule is CCOc1ncc(Nc2cc([C@@H](CC)CC(=O)O)ccc2N2C3CCC2CC(c2ccc(F)cc2)C3)cn1. The van der Waals surface area contributed by atoms with E-state index < -0.39 is 5.97 Å². The average Bonchev–Trinajstić information content (AvgIpc) is 3.17. The van der Waals surface area contributed by atoms with Gasteiger partial charge in [-0.2, -0.15) is 0 Å². The number of anilines is 3. The average molecular weight is 519 g/mol. The number of piperidine rings is 1. The molecular weight excluding hydrogens is 483 g/mol. The number of hydrogen-bond acceptors (Lipinski definition) is 6. The summed E-state index contributed by atoms with van der Waals surface area (Å²) in [7, 11) is 0. The Hall–Kier alpha value is -3.68. The topological polar surface area (TPSA) is 87.6 Å². The molecule has 3 aromatic rings. The van der Waals surface area contributed by atoms with Gasteiger partial charge in [0, 0.05) is 12.1 Å². The largest absolute Gasteiger partial charge is 0.481 e. The van der Waals surface area contributed by atoms with Gasteiger partial charge in [0.2, 0.25) is 0 Å². The van der Waals surface area contributed by atoms with Crippen LogP contribution in [-0.2, 0) is 4.79 Å². The molecule has 2 bridgehead atoms. The molecule has 2 aliphatic rings. The molecule has 8 heteroatoms. The predicted molar refractivity (Wildman–Crippen MR) is 146 cm³/mol. The minimum absolute atomic E-state index is 0.0698. The van der Waals surface area contributed by atoms with E-state index in [1.165, 1.54) is 5.56 Å². The lowest BCUT2D eigenvalue weighted by Crippen LogP contribution is -2.42. The second-order valence-corrected chi connectivity index (χ2v) is 10.3. The number of halogens is 1. The third-order valence-electron chi connectivity index (χ3n) is 7.94. The zero-order chi connectivity index (χ0) is 26.6. The van der Waals surface area contributed by atoms with E-state index in [0.29, 0.717) is 30.6 Å². The second kappa shape index (κ2) is 11.4. The van der Waals surface area contributed by atoms with Gasteiger partial charge in [-0.1, -0.05) is 25.1 Å². The maximum absolute atomic E-state index is 13.5. The Morgan fingerprint density at radius 2 is 1.79 bits per heavy atom. The molecule has 3 heterocycles. The van der Waals surface area contributed by atoms with Gasteiger partial charge in [-0.05, 0) is 86.3 Å². The molecule has 0 radical (unpaired) electrons. The van der Waals surface area contributed by atoms with E-state index in [1.54, 1.807) is 24.5 Å². The molecule has 0 saturated carbocycles. The maximum Gasteiger partial charge on any atom is 0.316 e. The first-order chi connectivity index (χ1) is 18.4. The number of hydrogen-bond donors (Lipinski definition) is 2. The number of nitrogens with zero attached hydrogens (tertiary/aromatic N) is 3. The van der Waals surface area contributed by atoms with Gasteiger partial charge in [0.1, 0.15) is 5.82 Å². The Balaban J connectivity index is 1.45. The van der Waals surface area contributed by atoms with Gasteiger partial charge in [0.25, 0.3) is 0 Å². The Labute approximate surface area is 223 Å². The Morgan fingerprint density at radius 3 is 2.39 bits per heavy atom. The molecule has 38 heavy (non-hydrogen) atoms. The van der Waals surface area contributed by atoms with E-state index in [0.717, 1.165) is 54.7 Å². The van der Waals surface area contributed by atoms with E-state index >= 15 is 0 Å². The van der Waals surface area contributed by atoms with Crippen LogP contribution in [0.25, 0.3) is 0 Å². The summed E-state index contributed by atoms with van der Waals surface area (Å²) < 4.78 is 18.9. The Kier molecular flexibility index (Phi) is 7.77. The van der Waals surface area contributed by atoms with Crippen molar-refractivity contribution in [2.45, 2.75) is 76.3 Å². The molecule has 2 unspecified atom stereocenters. The Morgan fingerprint density at radius 1 is 1.11 bits per heavy atom. The van der Waals surface area contributed by atoms with E-state index in [1.807, 2.05) is 26.0 Å². The molecule has 2 fully saturated rings. The van der Waals surface area contributed by atoms with Crippen molar-refractivity contribution in [3.63, 3.8) is 0 Å². The van der Waals surface area contributed by atoms with E-state index in [4.69, 9.17) is 4.74 Å². The lowest BCUT2D eigenvalue weighted by Gasteiger charge is -2.42. The van der Waals surface area contributed by atoms with Crippen LogP contribution in [0.5, 0.6) is 6.01 Å². The van der Waals surface area contributed by atoms with E-state index in [2.05, 4.69) is 38.4 Å². The van der Waals surface area contributed by atoms with Crippen LogP contribution in [0.3, 0.4) is 0 Å². The van der Waals surface area contributed by atoms with Gasteiger partial charge in [0.15, 0.2) is 0 Å². The fourth-order valence-electron chi connectivity index (χ4n) is 6.16. The number of carboxylic acid groups (broad SMARTS) is 1. The summed E-state index contributed by atoms with van der Waals surface area (Å²) in [6.45, 7) is 4.41. The predicted octanol–water partition coefficient (Wildman–Crippen LogP) is 6.64. The Bertz CT molecular complexity index is 1240. The van der Waals surface area contributed by atoms with Crippen molar-refractivity contribution in [1.29, 1.82) is 0 Å². The van der Waals surface area contributed by atoms with Crippen LogP contribution in [0, 0.1) is 5.82 Å². The van der Waals surface area contributed by atoms with Gasteiger partial charge in [0.05, 0.1) is 42.5 Å². The molecule has 2 aromatic carbocycles. The highest BCUT2D eigenvalue weighted by molar-refractivity contribution is 5.77. The van der Waals surface area contributed by atoms with Crippen LogP contribution >= 0.6 is 0 Å². The molecule has 2 N–H and O–H groups in total. The smallest absolute Gasteiger partial charge is 0.316 e. The fourth-order valence-corrected chi connectivity index (χ4v) is 6.16. The summed E-state index contributed by atoms with van der Waals surface area (Å²) in [5.74, 6) is -0.646. The molecule has 2 saturated heterocycles. The number of aromatic nitrogens is 2. The number of nitrogens with one attached hydrogen (secondary N) is 1. The number of carbonyl (C=O) groups is 1. The zero-order valence-electron chi connectivity index (χ0n) is 21.9. The van der Waals surface area contributed by atoms with Crippen molar-refractivity contribution in [1.82, 2.24) is 9.97 Å². The molecule has 7 nitrogen and oxygen atoms in total. The van der Waals surface area contributed by atoms with E-state index in [9.17, 15) is 14.3 Å². The molecule has 0 aliphatic carbocycles. The van der Waals surface area contributed by atoms with Crippen LogP contribution in [0.1, 0.15) is 75.3 Å². The summed E-state index contributed by atoms with van der Waals surface area (Å²) in [5, 5.41) is 13.0. The maximum atomic E-state index is 13.5. The summed E-state index contributed by atoms with van der Waals surface area (Å²) in [5.41, 5.74) is 4.99. The summed E-state index contributed by atoms with van der Waals surface area (Å²) >= 11 is 0. The zero-order valence-corrected chi connectivity index (χ0v) is 21.9. The molecule has 1 aromatic heterocycles. The summed E-state index contributed by atoms with van der Waals surface area (Å²) in [6, 6.07) is 14.4. The van der Waals surface area contributed by atoms with Crippen molar-refractivity contribution in [2.75, 3.05) is 16.8 Å². The third-order valence-corrected chi connectivity index (χ3v) is 7.94. The van der Waals surface area contributed by atoms with Crippen molar-refractivity contribution < 1.29 is 19.0 Å². The van der Waals surface area contributed by atoms with Gasteiger partial charge in [-0.25, -0.2) is 14.4 Å². The second-order valence-electron chi connectivity index (χ2n) is 10.3. The number of benzene rings is 2. The highest BCUT2D eigenvalue weighted by Crippen LogP contribution is 2.48. The third kappa shape index (κ3) is 5.59. The molecule has 2 aliphatic heterocycles. The van der Waals surface area contributed by atoms with Gasteiger partial charge < -0.3 is 20.1 Å². The van der Waals surface area contributed by atoms with Crippen molar-refractivity contribution in [3.8, 4) is 6.01 Å². The minimum atomic E-state index is -0.795. The molecule has 5 rings (SSSR count). The summed E-state index contributed by atoms with van der Waals surface area (Å²) in [4.78, 5) is 22.6. The molecular formula is C30H35FN4O3. The van der Waals surface area contributed by atoms with Crippen molar-refractivity contribution >= 4 is 23.0 Å². The van der Waals surface area contributed by atoms with E-state index in [-0.39, 0.29) is 18.2 Å². The van der Waals surface area contributed by atoms with Gasteiger partial charge >= 0.3 is 12.0 Å². The lowest BCUT2D eigenvalue weighted by molar-refractivity contribution is -0.137. The summed E-state index contributed by atoms with van der Waals surface area (Å²) in [6.07, 6.45) is 8.52. The van der Waals surface area contributed by atoms with Gasteiger partial charge in [-0.3, -0.25) is 4.79 Å². The number of carboxylic acids is 1. The lowest BCUT2D eigenvalue weighted by atomic mass is 9.84. The normalized spacial score (nSPS) is 21.2. The monoisotopic (exact) mass is 518 g/mol. The first kappa shape index (κ1) is 25.9. The standard InChI is InChI=1S/C30H35FN4O3/c1-3-19(16-29(36)37)21-7-12-28(27(15-21)34-24-17-32-30(33-18-24)38-4-2)35-25-10-11-26(35)14-22(13-25)20-5-8-23(31)9-6-20/h5-9,12,15,17-19,22,25-26,34H,3-4,10-11,13-14,16H2,1-2H3,(H,36,37)/t19-,22?,25?,26?/m0/s1. The molecule has 3 atom stereocenters. The van der Waals surface area contributed by atoms with Crippen LogP contribution in [-0.4, -0.2) is 39.7 Å². The number of fused-ring (bicyclic) bond motifs is 2. The number of rotatable bonds is 10. The first-order valence-corrected chi connectivity index (χ1v) is 13.6.